The number of rotatable bonds is 11. The zero-order chi connectivity index (χ0) is 20.6. The van der Waals surface area contributed by atoms with Crippen molar-refractivity contribution in [2.75, 3.05) is 6.61 Å². The number of esters is 1. The van der Waals surface area contributed by atoms with Gasteiger partial charge in [-0.25, -0.2) is 0 Å². The number of cyclic esters (lactones) is 1. The molecule has 1 aliphatic rings. The van der Waals surface area contributed by atoms with E-state index >= 15 is 0 Å². The lowest BCUT2D eigenvalue weighted by Gasteiger charge is -2.19. The Balaban J connectivity index is 1.49. The van der Waals surface area contributed by atoms with Gasteiger partial charge >= 0.3 is 5.97 Å². The predicted molar refractivity (Wildman–Crippen MR) is 110 cm³/mol. The van der Waals surface area contributed by atoms with Crippen LogP contribution in [0.5, 0.6) is 0 Å². The smallest absolute Gasteiger partial charge is 0.324 e. The minimum Gasteiger partial charge on any atom is -0.457 e. The van der Waals surface area contributed by atoms with Gasteiger partial charge in [0.05, 0.1) is 0 Å². The van der Waals surface area contributed by atoms with Crippen molar-refractivity contribution < 1.29 is 19.1 Å². The fourth-order valence-electron chi connectivity index (χ4n) is 3.58. The van der Waals surface area contributed by atoms with Gasteiger partial charge in [-0.3, -0.25) is 14.4 Å². The van der Waals surface area contributed by atoms with Crippen LogP contribution in [0.1, 0.15) is 83.3 Å². The highest BCUT2D eigenvalue weighted by atomic mass is 16.5. The fourth-order valence-corrected chi connectivity index (χ4v) is 3.58. The first-order valence-electron chi connectivity index (χ1n) is 10.6. The monoisotopic (exact) mass is 386 g/mol. The Morgan fingerprint density at radius 3 is 2.04 bits per heavy atom. The second-order valence-corrected chi connectivity index (χ2v) is 8.90. The molecule has 1 aliphatic heterocycles. The van der Waals surface area contributed by atoms with Crippen LogP contribution < -0.4 is 0 Å². The van der Waals surface area contributed by atoms with E-state index in [1.54, 1.807) is 0 Å². The maximum Gasteiger partial charge on any atom is 0.324 e. The number of ether oxygens (including phenoxy) is 1. The molecule has 0 amide bonds. The van der Waals surface area contributed by atoms with Gasteiger partial charge in [0, 0.05) is 6.42 Å². The maximum atomic E-state index is 11.9. The summed E-state index contributed by atoms with van der Waals surface area (Å²) in [6.45, 7) is 6.47. The molecule has 0 aromatic heterocycles. The number of carbonyl (C=O) groups is 3. The number of hydrogen-bond acceptors (Lipinski definition) is 4. The van der Waals surface area contributed by atoms with Gasteiger partial charge in [-0.15, -0.1) is 0 Å². The molecule has 1 aromatic carbocycles. The molecule has 1 aromatic rings. The summed E-state index contributed by atoms with van der Waals surface area (Å²) in [6, 6.07) is 9.00. The van der Waals surface area contributed by atoms with Crippen LogP contribution >= 0.6 is 0 Å². The van der Waals surface area contributed by atoms with Gasteiger partial charge < -0.3 is 4.74 Å². The molecule has 0 spiro atoms. The Labute approximate surface area is 169 Å². The fraction of sp³-hybridized carbons (Fsp3) is 0.625. The Bertz CT molecular complexity index is 651. The molecule has 1 fully saturated rings. The van der Waals surface area contributed by atoms with Crippen LogP contribution in [0.4, 0.5) is 0 Å². The van der Waals surface area contributed by atoms with E-state index in [0.29, 0.717) is 6.42 Å². The molecule has 1 unspecified atom stereocenters. The number of aryl methyl sites for hydroxylation is 1. The normalized spacial score (nSPS) is 17.0. The zero-order valence-corrected chi connectivity index (χ0v) is 17.6. The van der Waals surface area contributed by atoms with Crippen LogP contribution in [-0.4, -0.2) is 24.1 Å². The molecule has 2 rings (SSSR count). The standard InChI is InChI=1S/C24H34O4/c1-24(2,3)19-15-13-18(14-16-19)11-9-7-5-4-6-8-10-12-20(25)22-21(26)17-28-23(22)27/h13-16,22H,4-12,17H2,1-3H3. The summed E-state index contributed by atoms with van der Waals surface area (Å²) in [5.74, 6) is -2.46. The highest BCUT2D eigenvalue weighted by Crippen LogP contribution is 2.23. The van der Waals surface area contributed by atoms with E-state index in [-0.39, 0.29) is 23.6 Å². The number of Topliss-reactive ketones (excluding diaryl/α,β-unsaturated/α-hetero) is 2. The van der Waals surface area contributed by atoms with E-state index in [0.717, 1.165) is 25.7 Å². The lowest BCUT2D eigenvalue weighted by atomic mass is 9.86. The molecule has 4 heteroatoms. The highest BCUT2D eigenvalue weighted by molar-refractivity contribution is 6.20. The van der Waals surface area contributed by atoms with Crippen LogP contribution in [0.15, 0.2) is 24.3 Å². The van der Waals surface area contributed by atoms with Gasteiger partial charge in [0.1, 0.15) is 0 Å². The van der Waals surface area contributed by atoms with Crippen molar-refractivity contribution in [2.24, 2.45) is 5.92 Å². The molecule has 1 saturated heterocycles. The average molecular weight is 387 g/mol. The largest absolute Gasteiger partial charge is 0.457 e. The van der Waals surface area contributed by atoms with Crippen molar-refractivity contribution in [3.05, 3.63) is 35.4 Å². The van der Waals surface area contributed by atoms with Crippen molar-refractivity contribution in [3.63, 3.8) is 0 Å². The second-order valence-electron chi connectivity index (χ2n) is 8.90. The number of unbranched alkanes of at least 4 members (excludes halogenated alkanes) is 6. The molecular weight excluding hydrogens is 352 g/mol. The third-order valence-corrected chi connectivity index (χ3v) is 5.44. The maximum absolute atomic E-state index is 11.9. The number of carbonyl (C=O) groups excluding carboxylic acids is 3. The summed E-state index contributed by atoms with van der Waals surface area (Å²) >= 11 is 0. The highest BCUT2D eigenvalue weighted by Gasteiger charge is 2.40. The van der Waals surface area contributed by atoms with Crippen LogP contribution in [0, 0.1) is 5.92 Å². The summed E-state index contributed by atoms with van der Waals surface area (Å²) in [4.78, 5) is 34.7. The van der Waals surface area contributed by atoms with E-state index < -0.39 is 11.9 Å². The molecule has 4 nitrogen and oxygen atoms in total. The third kappa shape index (κ3) is 6.88. The van der Waals surface area contributed by atoms with E-state index in [1.807, 2.05) is 0 Å². The molecule has 0 saturated carbocycles. The Kier molecular flexibility index (Phi) is 8.40. The SMILES string of the molecule is CC(C)(C)c1ccc(CCCCCCCCCC(=O)C2C(=O)COC2=O)cc1. The number of ketones is 2. The van der Waals surface area contributed by atoms with Crippen molar-refractivity contribution in [1.29, 1.82) is 0 Å². The summed E-state index contributed by atoms with van der Waals surface area (Å²) in [6.07, 6.45) is 9.05. The molecule has 154 valence electrons. The van der Waals surface area contributed by atoms with Crippen molar-refractivity contribution in [2.45, 2.75) is 84.0 Å². The lowest BCUT2D eigenvalue weighted by Crippen LogP contribution is -2.25. The van der Waals surface area contributed by atoms with E-state index in [4.69, 9.17) is 0 Å². The molecule has 28 heavy (non-hydrogen) atoms. The quantitative estimate of drug-likeness (QED) is 0.306. The van der Waals surface area contributed by atoms with Gasteiger partial charge in [-0.2, -0.15) is 0 Å². The molecule has 0 N–H and O–H groups in total. The summed E-state index contributed by atoms with van der Waals surface area (Å²) in [5.41, 5.74) is 2.99. The molecule has 0 aliphatic carbocycles. The van der Waals surface area contributed by atoms with Crippen molar-refractivity contribution >= 4 is 17.5 Å². The summed E-state index contributed by atoms with van der Waals surface area (Å²) < 4.78 is 4.62. The first kappa shape index (κ1) is 22.3. The minimum atomic E-state index is -1.14. The molecule has 1 heterocycles. The summed E-state index contributed by atoms with van der Waals surface area (Å²) in [5, 5.41) is 0. The lowest BCUT2D eigenvalue weighted by molar-refractivity contribution is -0.144. The average Bonchev–Trinajstić information content (AvgIpc) is 2.98. The van der Waals surface area contributed by atoms with E-state index in [1.165, 1.54) is 36.8 Å². The first-order chi connectivity index (χ1) is 13.3. The van der Waals surface area contributed by atoms with Gasteiger partial charge in [0.2, 0.25) is 0 Å². The molecule has 0 bridgehead atoms. The predicted octanol–water partition coefficient (Wildman–Crippen LogP) is 4.96. The van der Waals surface area contributed by atoms with Gasteiger partial charge in [0.15, 0.2) is 24.1 Å². The van der Waals surface area contributed by atoms with Crippen LogP contribution in [0.25, 0.3) is 0 Å². The number of benzene rings is 1. The molecule has 0 radical (unpaired) electrons. The zero-order valence-electron chi connectivity index (χ0n) is 17.6. The Morgan fingerprint density at radius 2 is 1.50 bits per heavy atom. The molecular formula is C24H34O4. The van der Waals surface area contributed by atoms with Crippen LogP contribution in [0.2, 0.25) is 0 Å². The van der Waals surface area contributed by atoms with E-state index in [9.17, 15) is 14.4 Å². The Hall–Kier alpha value is -1.97. The second kappa shape index (κ2) is 10.5. The number of hydrogen-bond donors (Lipinski definition) is 0. The molecule has 1 atom stereocenters. The van der Waals surface area contributed by atoms with Crippen LogP contribution in [0.3, 0.4) is 0 Å². The van der Waals surface area contributed by atoms with Crippen LogP contribution in [-0.2, 0) is 31.0 Å². The van der Waals surface area contributed by atoms with Crippen molar-refractivity contribution in [3.8, 4) is 0 Å². The van der Waals surface area contributed by atoms with Gasteiger partial charge in [-0.1, -0.05) is 77.1 Å². The van der Waals surface area contributed by atoms with Gasteiger partial charge in [-0.05, 0) is 35.8 Å². The van der Waals surface area contributed by atoms with E-state index in [2.05, 4.69) is 49.8 Å². The topological polar surface area (TPSA) is 60.4 Å². The minimum absolute atomic E-state index is 0.207. The van der Waals surface area contributed by atoms with Gasteiger partial charge in [0.25, 0.3) is 0 Å². The summed E-state index contributed by atoms with van der Waals surface area (Å²) in [7, 11) is 0. The third-order valence-electron chi connectivity index (χ3n) is 5.44. The Morgan fingerprint density at radius 1 is 0.929 bits per heavy atom. The first-order valence-corrected chi connectivity index (χ1v) is 10.6. The van der Waals surface area contributed by atoms with Crippen molar-refractivity contribution in [1.82, 2.24) is 0 Å².